The van der Waals surface area contributed by atoms with Crippen molar-refractivity contribution in [3.8, 4) is 0 Å². The smallest absolute Gasteiger partial charge is 0.336 e. The van der Waals surface area contributed by atoms with Crippen LogP contribution in [0.5, 0.6) is 0 Å². The van der Waals surface area contributed by atoms with Crippen LogP contribution in [0, 0.1) is 0 Å². The topological polar surface area (TPSA) is 66.6 Å². The number of hydrogen-bond acceptors (Lipinski definition) is 5. The van der Waals surface area contributed by atoms with Crippen molar-refractivity contribution in [2.75, 3.05) is 23.7 Å². The highest BCUT2D eigenvalue weighted by Crippen LogP contribution is 2.25. The molecule has 0 atom stereocenters. The number of para-hydroxylation sites is 2. The minimum absolute atomic E-state index is 0.390. The molecule has 0 spiro atoms. The van der Waals surface area contributed by atoms with Gasteiger partial charge < -0.3 is 14.4 Å². The van der Waals surface area contributed by atoms with Crippen molar-refractivity contribution in [3.05, 3.63) is 54.1 Å². The zero-order chi connectivity index (χ0) is 21.9. The third kappa shape index (κ3) is 7.03. The van der Waals surface area contributed by atoms with E-state index < -0.39 is 5.97 Å². The van der Waals surface area contributed by atoms with E-state index in [1.807, 2.05) is 36.4 Å². The van der Waals surface area contributed by atoms with Crippen LogP contribution in [0.15, 0.2) is 57.8 Å². The van der Waals surface area contributed by atoms with Gasteiger partial charge in [0.15, 0.2) is 5.58 Å². The van der Waals surface area contributed by atoms with Crippen molar-refractivity contribution < 1.29 is 14.3 Å². The second kappa shape index (κ2) is 12.4. The number of anilines is 1. The number of nitrogens with zero attached hydrogens (tertiary/aromatic N) is 2. The van der Waals surface area contributed by atoms with E-state index in [4.69, 9.17) is 9.40 Å². The summed E-state index contributed by atoms with van der Waals surface area (Å²) in [6.07, 6.45) is 8.07. The molecule has 0 aliphatic carbocycles. The lowest BCUT2D eigenvalue weighted by Crippen LogP contribution is -2.26. The fraction of sp³-hybridized carbons (Fsp3) is 0.440. The molecule has 6 heteroatoms. The van der Waals surface area contributed by atoms with E-state index in [-0.39, 0.29) is 0 Å². The van der Waals surface area contributed by atoms with Gasteiger partial charge >= 0.3 is 5.97 Å². The lowest BCUT2D eigenvalue weighted by atomic mass is 10.2. The summed E-state index contributed by atoms with van der Waals surface area (Å²) in [5.41, 5.74) is 2.14. The SMILES string of the molecule is CCCCCCN(CCCCCSc1ccccc1C(=O)O)c1nc2ccccc2o1. The first kappa shape index (κ1) is 23.2. The fourth-order valence-corrected chi connectivity index (χ4v) is 4.61. The molecular weight excluding hydrogens is 408 g/mol. The molecule has 3 aromatic rings. The first-order valence-corrected chi connectivity index (χ1v) is 12.2. The Morgan fingerprint density at radius 2 is 1.68 bits per heavy atom. The van der Waals surface area contributed by atoms with Crippen molar-refractivity contribution in [2.24, 2.45) is 0 Å². The number of fused-ring (bicyclic) bond motifs is 1. The molecule has 0 bridgehead atoms. The number of carboxylic acid groups (broad SMARTS) is 1. The summed E-state index contributed by atoms with van der Waals surface area (Å²) in [6, 6.07) is 15.9. The molecule has 2 aromatic carbocycles. The fourth-order valence-electron chi connectivity index (χ4n) is 3.56. The number of aromatic nitrogens is 1. The van der Waals surface area contributed by atoms with Gasteiger partial charge in [-0.25, -0.2) is 4.79 Å². The minimum atomic E-state index is -0.861. The van der Waals surface area contributed by atoms with Gasteiger partial charge in [-0.3, -0.25) is 0 Å². The molecule has 0 saturated carbocycles. The summed E-state index contributed by atoms with van der Waals surface area (Å²) < 4.78 is 6.01. The van der Waals surface area contributed by atoms with Gasteiger partial charge in [0.25, 0.3) is 6.01 Å². The van der Waals surface area contributed by atoms with Gasteiger partial charge in [0, 0.05) is 18.0 Å². The summed E-state index contributed by atoms with van der Waals surface area (Å²) in [6.45, 7) is 4.12. The predicted octanol–water partition coefficient (Wildman–Crippen LogP) is 6.88. The second-order valence-electron chi connectivity index (χ2n) is 7.72. The van der Waals surface area contributed by atoms with Crippen molar-refractivity contribution >= 4 is 34.8 Å². The molecule has 1 aromatic heterocycles. The van der Waals surface area contributed by atoms with Gasteiger partial charge in [-0.1, -0.05) is 56.9 Å². The molecule has 5 nitrogen and oxygen atoms in total. The van der Waals surface area contributed by atoms with Crippen molar-refractivity contribution in [1.29, 1.82) is 0 Å². The summed E-state index contributed by atoms with van der Waals surface area (Å²) in [7, 11) is 0. The summed E-state index contributed by atoms with van der Waals surface area (Å²) in [5.74, 6) is 0.0593. The number of thioether (sulfide) groups is 1. The van der Waals surface area contributed by atoms with Crippen LogP contribution in [-0.4, -0.2) is 34.9 Å². The van der Waals surface area contributed by atoms with Crippen LogP contribution in [0.4, 0.5) is 6.01 Å². The Morgan fingerprint density at radius 3 is 2.42 bits per heavy atom. The second-order valence-corrected chi connectivity index (χ2v) is 8.86. The van der Waals surface area contributed by atoms with Crippen LogP contribution in [0.25, 0.3) is 11.1 Å². The van der Waals surface area contributed by atoms with E-state index in [0.29, 0.717) is 5.56 Å². The molecule has 0 saturated heterocycles. The van der Waals surface area contributed by atoms with Crippen LogP contribution >= 0.6 is 11.8 Å². The molecule has 0 amide bonds. The highest BCUT2D eigenvalue weighted by molar-refractivity contribution is 7.99. The average Bonchev–Trinajstić information content (AvgIpc) is 3.21. The Kier molecular flexibility index (Phi) is 9.28. The Hall–Kier alpha value is -2.47. The predicted molar refractivity (Wildman–Crippen MR) is 128 cm³/mol. The third-order valence-corrected chi connectivity index (χ3v) is 6.44. The molecule has 1 N–H and O–H groups in total. The van der Waals surface area contributed by atoms with Crippen LogP contribution in [0.3, 0.4) is 0 Å². The van der Waals surface area contributed by atoms with E-state index in [1.54, 1.807) is 23.9 Å². The number of rotatable bonds is 14. The highest BCUT2D eigenvalue weighted by Gasteiger charge is 2.14. The number of oxazole rings is 1. The highest BCUT2D eigenvalue weighted by atomic mass is 32.2. The minimum Gasteiger partial charge on any atom is -0.478 e. The van der Waals surface area contributed by atoms with Gasteiger partial charge in [0.05, 0.1) is 5.56 Å². The number of hydrogen-bond donors (Lipinski definition) is 1. The quantitative estimate of drug-likeness (QED) is 0.218. The van der Waals surface area contributed by atoms with Gasteiger partial charge in [0.2, 0.25) is 0 Å². The van der Waals surface area contributed by atoms with E-state index in [0.717, 1.165) is 66.5 Å². The molecule has 166 valence electrons. The number of carbonyl (C=O) groups is 1. The number of carboxylic acids is 1. The molecule has 0 aliphatic rings. The largest absolute Gasteiger partial charge is 0.478 e. The molecule has 0 unspecified atom stereocenters. The lowest BCUT2D eigenvalue weighted by Gasteiger charge is -2.20. The Labute approximate surface area is 188 Å². The van der Waals surface area contributed by atoms with Gasteiger partial charge in [-0.2, -0.15) is 4.98 Å². The maximum absolute atomic E-state index is 11.3. The molecule has 1 heterocycles. The maximum atomic E-state index is 11.3. The summed E-state index contributed by atoms with van der Waals surface area (Å²) in [4.78, 5) is 19.1. The molecule has 0 radical (unpaired) electrons. The Bertz CT molecular complexity index is 924. The van der Waals surface area contributed by atoms with Crippen LogP contribution < -0.4 is 4.90 Å². The van der Waals surface area contributed by atoms with E-state index in [1.165, 1.54) is 19.3 Å². The molecular formula is C25H32N2O3S. The molecule has 0 aliphatic heterocycles. The van der Waals surface area contributed by atoms with E-state index in [9.17, 15) is 9.90 Å². The monoisotopic (exact) mass is 440 g/mol. The van der Waals surface area contributed by atoms with Crippen LogP contribution in [0.1, 0.15) is 62.2 Å². The number of aromatic carboxylic acids is 1. The van der Waals surface area contributed by atoms with E-state index >= 15 is 0 Å². The van der Waals surface area contributed by atoms with Crippen LogP contribution in [0.2, 0.25) is 0 Å². The lowest BCUT2D eigenvalue weighted by molar-refractivity contribution is 0.0693. The number of unbranched alkanes of at least 4 members (excludes halogenated alkanes) is 5. The molecule has 3 rings (SSSR count). The van der Waals surface area contributed by atoms with Crippen LogP contribution in [-0.2, 0) is 0 Å². The van der Waals surface area contributed by atoms with Gasteiger partial charge in [-0.15, -0.1) is 11.8 Å². The van der Waals surface area contributed by atoms with E-state index in [2.05, 4.69) is 11.8 Å². The number of benzene rings is 2. The maximum Gasteiger partial charge on any atom is 0.336 e. The zero-order valence-corrected chi connectivity index (χ0v) is 19.1. The standard InChI is InChI=1S/C25H32N2O3S/c1-2-3-4-10-17-27(25-26-21-14-7-8-15-22(21)30-25)18-11-5-12-19-31-23-16-9-6-13-20(23)24(28)29/h6-9,13-16H,2-5,10-12,17-19H2,1H3,(H,28,29). The van der Waals surface area contributed by atoms with Crippen molar-refractivity contribution in [2.45, 2.75) is 56.8 Å². The zero-order valence-electron chi connectivity index (χ0n) is 18.3. The Morgan fingerprint density at radius 1 is 0.968 bits per heavy atom. The molecule has 31 heavy (non-hydrogen) atoms. The first-order valence-electron chi connectivity index (χ1n) is 11.2. The van der Waals surface area contributed by atoms with Gasteiger partial charge in [-0.05, 0) is 49.3 Å². The normalized spacial score (nSPS) is 11.1. The average molecular weight is 441 g/mol. The summed E-state index contributed by atoms with van der Waals surface area (Å²) in [5, 5.41) is 9.30. The first-order chi connectivity index (χ1) is 15.2. The third-order valence-electron chi connectivity index (χ3n) is 5.28. The van der Waals surface area contributed by atoms with Gasteiger partial charge in [0.1, 0.15) is 5.52 Å². The van der Waals surface area contributed by atoms with Crippen molar-refractivity contribution in [3.63, 3.8) is 0 Å². The van der Waals surface area contributed by atoms with Crippen molar-refractivity contribution in [1.82, 2.24) is 4.98 Å². The summed E-state index contributed by atoms with van der Waals surface area (Å²) >= 11 is 1.63. The Balaban J connectivity index is 1.48. The molecule has 0 fully saturated rings.